The van der Waals surface area contributed by atoms with Gasteiger partial charge in [-0.2, -0.15) is 0 Å². The van der Waals surface area contributed by atoms with Gasteiger partial charge in [0.15, 0.2) is 5.58 Å². The van der Waals surface area contributed by atoms with E-state index < -0.39 is 0 Å². The number of aromatic hydroxyl groups is 1. The van der Waals surface area contributed by atoms with Crippen LogP contribution in [-0.2, 0) is 10.8 Å². The third-order valence-electron chi connectivity index (χ3n) is 11.6. The van der Waals surface area contributed by atoms with Crippen molar-refractivity contribution >= 4 is 43.7 Å². The van der Waals surface area contributed by atoms with Gasteiger partial charge in [-0.05, 0) is 98.5 Å². The molecule has 288 valence electrons. The normalized spacial score (nSPS) is 12.3. The molecule has 10 rings (SSSR count). The van der Waals surface area contributed by atoms with Crippen molar-refractivity contribution < 1.29 is 9.52 Å². The third-order valence-corrected chi connectivity index (χ3v) is 11.6. The van der Waals surface area contributed by atoms with E-state index in [2.05, 4.69) is 174 Å². The molecule has 0 aliphatic heterocycles. The fourth-order valence-electron chi connectivity index (χ4n) is 8.56. The number of hydrogen-bond acceptors (Lipinski definition) is 4. The van der Waals surface area contributed by atoms with Gasteiger partial charge in [0.25, 0.3) is 0 Å². The Morgan fingerprint density at radius 1 is 0.576 bits per heavy atom. The maximum absolute atomic E-state index is 12.2. The summed E-state index contributed by atoms with van der Waals surface area (Å²) in [5.74, 6) is 0.943. The van der Waals surface area contributed by atoms with Crippen molar-refractivity contribution in [3.05, 3.63) is 169 Å². The zero-order valence-electron chi connectivity index (χ0n) is 34.2. The molecule has 59 heavy (non-hydrogen) atoms. The molecule has 3 aromatic heterocycles. The molecule has 0 aliphatic rings. The van der Waals surface area contributed by atoms with Crippen molar-refractivity contribution in [2.75, 3.05) is 0 Å². The van der Waals surface area contributed by atoms with Crippen LogP contribution in [0.1, 0.15) is 52.7 Å². The van der Waals surface area contributed by atoms with E-state index in [1.807, 2.05) is 30.5 Å². The molecule has 0 radical (unpaired) electrons. The first kappa shape index (κ1) is 36.4. The van der Waals surface area contributed by atoms with E-state index in [4.69, 9.17) is 14.4 Å². The maximum Gasteiger partial charge on any atom is 0.161 e. The Kier molecular flexibility index (Phi) is 8.36. The highest BCUT2D eigenvalue weighted by molar-refractivity contribution is 6.20. The fourth-order valence-corrected chi connectivity index (χ4v) is 8.56. The Labute approximate surface area is 344 Å². The average molecular weight is 768 g/mol. The van der Waals surface area contributed by atoms with E-state index in [1.54, 1.807) is 0 Å². The van der Waals surface area contributed by atoms with Gasteiger partial charge < -0.3 is 9.52 Å². The number of fused-ring (bicyclic) bond motifs is 6. The van der Waals surface area contributed by atoms with Crippen LogP contribution in [0.15, 0.2) is 162 Å². The lowest BCUT2D eigenvalue weighted by Gasteiger charge is -2.27. The number of rotatable bonds is 5. The molecule has 5 nitrogen and oxygen atoms in total. The van der Waals surface area contributed by atoms with Crippen LogP contribution in [0.4, 0.5) is 0 Å². The molecule has 0 fully saturated rings. The van der Waals surface area contributed by atoms with E-state index >= 15 is 0 Å². The zero-order chi connectivity index (χ0) is 40.6. The monoisotopic (exact) mass is 767 g/mol. The Bertz CT molecular complexity index is 3230. The summed E-state index contributed by atoms with van der Waals surface area (Å²) < 4.78 is 8.89. The molecule has 1 N–H and O–H groups in total. The van der Waals surface area contributed by atoms with Gasteiger partial charge in [-0.1, -0.05) is 139 Å². The number of hydrogen-bond donors (Lipinski definition) is 1. The minimum absolute atomic E-state index is 0.157. The van der Waals surface area contributed by atoms with Gasteiger partial charge >= 0.3 is 0 Å². The first-order valence-electron chi connectivity index (χ1n) is 20.3. The van der Waals surface area contributed by atoms with Crippen molar-refractivity contribution in [2.45, 2.75) is 52.4 Å². The standard InChI is InChI=1S/C54H45N3O2/c1-53(2,3)38-31-43(50(58)44(32-38)54(4,5)6)52-56-49-41(22-15-23-45(49)57(52)39-19-11-8-12-20-39)36-28-35(33-16-9-7-10-17-33)29-37(30-36)48-51-42(26-27-55-48)47-40-21-14-13-18-34(40)24-25-46(47)59-51/h7-32,58H,1-6H3. The number of phenolic OH excluding ortho intramolecular Hbond substituents is 1. The summed E-state index contributed by atoms with van der Waals surface area (Å²) in [6, 6.07) is 52.8. The second-order valence-electron chi connectivity index (χ2n) is 17.7. The molecule has 7 aromatic carbocycles. The lowest BCUT2D eigenvalue weighted by Crippen LogP contribution is -2.17. The minimum atomic E-state index is -0.299. The number of furan rings is 1. The molecule has 0 unspecified atom stereocenters. The predicted octanol–water partition coefficient (Wildman–Crippen LogP) is 14.4. The molecular weight excluding hydrogens is 723 g/mol. The molecule has 3 heterocycles. The highest BCUT2D eigenvalue weighted by atomic mass is 16.3. The number of benzene rings is 7. The Morgan fingerprint density at radius 2 is 1.29 bits per heavy atom. The lowest BCUT2D eigenvalue weighted by atomic mass is 9.79. The Morgan fingerprint density at radius 3 is 2.05 bits per heavy atom. The highest BCUT2D eigenvalue weighted by Crippen LogP contribution is 2.45. The molecule has 0 atom stereocenters. The van der Waals surface area contributed by atoms with Gasteiger partial charge in [-0.15, -0.1) is 0 Å². The molecule has 0 amide bonds. The Hall–Kier alpha value is -6.98. The van der Waals surface area contributed by atoms with Crippen LogP contribution in [0.3, 0.4) is 0 Å². The Balaban J connectivity index is 1.25. The summed E-state index contributed by atoms with van der Waals surface area (Å²) >= 11 is 0. The molecule has 0 aliphatic carbocycles. The number of imidazole rings is 1. The van der Waals surface area contributed by atoms with Gasteiger partial charge in [-0.25, -0.2) is 4.98 Å². The first-order chi connectivity index (χ1) is 28.4. The molecule has 5 heteroatoms. The van der Waals surface area contributed by atoms with Crippen molar-refractivity contribution in [3.63, 3.8) is 0 Å². The summed E-state index contributed by atoms with van der Waals surface area (Å²) in [5.41, 5.74) is 12.5. The molecule has 0 spiro atoms. The predicted molar refractivity (Wildman–Crippen MR) is 244 cm³/mol. The number of para-hydroxylation sites is 2. The fraction of sp³-hybridized carbons (Fsp3) is 0.148. The van der Waals surface area contributed by atoms with Crippen LogP contribution in [-0.4, -0.2) is 19.6 Å². The third kappa shape index (κ3) is 6.16. The molecular formula is C54H45N3O2. The summed E-state index contributed by atoms with van der Waals surface area (Å²) in [4.78, 5) is 10.5. The van der Waals surface area contributed by atoms with Gasteiger partial charge in [-0.3, -0.25) is 9.55 Å². The average Bonchev–Trinajstić information content (AvgIpc) is 3.83. The largest absolute Gasteiger partial charge is 0.507 e. The first-order valence-corrected chi connectivity index (χ1v) is 20.3. The number of phenols is 1. The summed E-state index contributed by atoms with van der Waals surface area (Å²) in [6.07, 6.45) is 1.89. The van der Waals surface area contributed by atoms with Crippen molar-refractivity contribution in [2.24, 2.45) is 0 Å². The van der Waals surface area contributed by atoms with Gasteiger partial charge in [0.1, 0.15) is 22.9 Å². The van der Waals surface area contributed by atoms with Crippen LogP contribution < -0.4 is 0 Å². The molecule has 10 aromatic rings. The number of pyridine rings is 1. The van der Waals surface area contributed by atoms with E-state index in [1.165, 1.54) is 5.39 Å². The molecule has 0 saturated heterocycles. The van der Waals surface area contributed by atoms with Crippen molar-refractivity contribution in [1.82, 2.24) is 14.5 Å². The van der Waals surface area contributed by atoms with Crippen LogP contribution in [0, 0.1) is 0 Å². The molecule has 0 bridgehead atoms. The lowest BCUT2D eigenvalue weighted by molar-refractivity contribution is 0.446. The van der Waals surface area contributed by atoms with Crippen LogP contribution in [0.25, 0.3) is 94.3 Å². The minimum Gasteiger partial charge on any atom is -0.507 e. The van der Waals surface area contributed by atoms with Crippen molar-refractivity contribution in [3.8, 4) is 56.3 Å². The van der Waals surface area contributed by atoms with E-state index in [9.17, 15) is 5.11 Å². The van der Waals surface area contributed by atoms with Crippen LogP contribution in [0.5, 0.6) is 5.75 Å². The maximum atomic E-state index is 12.2. The summed E-state index contributed by atoms with van der Waals surface area (Å²) in [6.45, 7) is 13.1. The van der Waals surface area contributed by atoms with E-state index in [0.29, 0.717) is 11.4 Å². The van der Waals surface area contributed by atoms with Gasteiger partial charge in [0.05, 0.1) is 16.6 Å². The van der Waals surface area contributed by atoms with Crippen LogP contribution >= 0.6 is 0 Å². The van der Waals surface area contributed by atoms with E-state index in [-0.39, 0.29) is 16.6 Å². The summed E-state index contributed by atoms with van der Waals surface area (Å²) in [5, 5.41) is 16.7. The second kappa shape index (κ2) is 13.6. The molecule has 0 saturated carbocycles. The highest BCUT2D eigenvalue weighted by Gasteiger charge is 2.29. The van der Waals surface area contributed by atoms with Gasteiger partial charge in [0, 0.05) is 39.3 Å². The zero-order valence-corrected chi connectivity index (χ0v) is 34.2. The topological polar surface area (TPSA) is 64.1 Å². The number of aromatic nitrogens is 3. The number of nitrogens with zero attached hydrogens (tertiary/aromatic N) is 3. The SMILES string of the molecule is CC(C)(C)c1cc(-c2nc3c(-c4cc(-c5ccccc5)cc(-c5nccc6c5oc5ccc7ccccc7c56)c4)cccc3n2-c2ccccc2)c(O)c(C(C)(C)C)c1. The summed E-state index contributed by atoms with van der Waals surface area (Å²) in [7, 11) is 0. The van der Waals surface area contributed by atoms with E-state index in [0.717, 1.165) is 88.7 Å². The van der Waals surface area contributed by atoms with Crippen LogP contribution in [0.2, 0.25) is 0 Å². The quantitative estimate of drug-likeness (QED) is 0.189. The second-order valence-corrected chi connectivity index (χ2v) is 17.7. The van der Waals surface area contributed by atoms with Crippen molar-refractivity contribution in [1.29, 1.82) is 0 Å². The van der Waals surface area contributed by atoms with Gasteiger partial charge in [0.2, 0.25) is 0 Å². The smallest absolute Gasteiger partial charge is 0.161 e.